The van der Waals surface area contributed by atoms with E-state index >= 15 is 0 Å². The van der Waals surface area contributed by atoms with E-state index in [1.807, 2.05) is 35.5 Å². The van der Waals surface area contributed by atoms with E-state index in [9.17, 15) is 4.79 Å². The van der Waals surface area contributed by atoms with Gasteiger partial charge in [0.25, 0.3) is 11.7 Å². The predicted molar refractivity (Wildman–Crippen MR) is 76.1 cm³/mol. The van der Waals surface area contributed by atoms with Gasteiger partial charge in [0.15, 0.2) is 6.54 Å². The molecule has 0 atom stereocenters. The molecule has 4 nitrogen and oxygen atoms in total. The van der Waals surface area contributed by atoms with E-state index in [0.29, 0.717) is 6.54 Å². The van der Waals surface area contributed by atoms with Crippen LogP contribution in [-0.4, -0.2) is 16.5 Å². The number of hydrogen-bond donors (Lipinski definition) is 1. The molecule has 1 aromatic heterocycles. The highest BCUT2D eigenvalue weighted by Crippen LogP contribution is 2.21. The summed E-state index contributed by atoms with van der Waals surface area (Å²) in [6.07, 6.45) is 5.80. The lowest BCUT2D eigenvalue weighted by molar-refractivity contribution is -0.677. The summed E-state index contributed by atoms with van der Waals surface area (Å²) in [5.74, 6) is 1.16. The van der Waals surface area contributed by atoms with Gasteiger partial charge in [-0.1, -0.05) is 24.3 Å². The standard InChI is InChI=1S/C16H19N3O/c1-12-18(2)7-8-19(12)11-16(20)17-15-9-13-5-3-4-6-14(13)10-15/h3-8,15H,9-11H2,1-2H3/p+1. The fourth-order valence-corrected chi connectivity index (χ4v) is 2.85. The van der Waals surface area contributed by atoms with Crippen molar-refractivity contribution in [2.24, 2.45) is 7.05 Å². The fraction of sp³-hybridized carbons (Fsp3) is 0.375. The molecule has 1 aromatic carbocycles. The topological polar surface area (TPSA) is 37.9 Å². The summed E-state index contributed by atoms with van der Waals surface area (Å²) in [6.45, 7) is 2.40. The highest BCUT2D eigenvalue weighted by Gasteiger charge is 2.23. The molecule has 1 amide bonds. The number of nitrogens with one attached hydrogen (secondary N) is 1. The molecular weight excluding hydrogens is 250 g/mol. The Morgan fingerprint density at radius 1 is 1.35 bits per heavy atom. The van der Waals surface area contributed by atoms with Crippen LogP contribution in [0.3, 0.4) is 0 Å². The van der Waals surface area contributed by atoms with Crippen molar-refractivity contribution in [2.75, 3.05) is 0 Å². The average molecular weight is 270 g/mol. The fourth-order valence-electron chi connectivity index (χ4n) is 2.85. The number of nitrogens with zero attached hydrogens (tertiary/aromatic N) is 2. The minimum Gasteiger partial charge on any atom is -0.349 e. The number of amides is 1. The van der Waals surface area contributed by atoms with Gasteiger partial charge in [0.2, 0.25) is 0 Å². The molecule has 0 saturated heterocycles. The Bertz CT molecular complexity index is 620. The van der Waals surface area contributed by atoms with Crippen molar-refractivity contribution in [1.29, 1.82) is 0 Å². The normalized spacial score (nSPS) is 14.3. The van der Waals surface area contributed by atoms with Crippen molar-refractivity contribution in [2.45, 2.75) is 32.4 Å². The summed E-state index contributed by atoms with van der Waals surface area (Å²) < 4.78 is 3.98. The van der Waals surface area contributed by atoms with Crippen molar-refractivity contribution in [3.8, 4) is 0 Å². The predicted octanol–water partition coefficient (Wildman–Crippen LogP) is 0.905. The number of carbonyl (C=O) groups is 1. The first-order chi connectivity index (χ1) is 9.63. The van der Waals surface area contributed by atoms with Gasteiger partial charge in [0.1, 0.15) is 12.4 Å². The molecule has 20 heavy (non-hydrogen) atoms. The van der Waals surface area contributed by atoms with Crippen LogP contribution in [0.15, 0.2) is 36.7 Å². The van der Waals surface area contributed by atoms with E-state index in [0.717, 1.165) is 18.7 Å². The molecule has 4 heteroatoms. The van der Waals surface area contributed by atoms with Crippen molar-refractivity contribution >= 4 is 5.91 Å². The molecule has 1 aliphatic rings. The van der Waals surface area contributed by atoms with Gasteiger partial charge in [0.05, 0.1) is 7.05 Å². The van der Waals surface area contributed by atoms with Crippen molar-refractivity contribution in [1.82, 2.24) is 9.88 Å². The Kier molecular flexibility index (Phi) is 3.30. The van der Waals surface area contributed by atoms with Gasteiger partial charge in [-0.25, -0.2) is 9.13 Å². The molecule has 3 rings (SSSR count). The third-order valence-electron chi connectivity index (χ3n) is 4.13. The van der Waals surface area contributed by atoms with Gasteiger partial charge in [-0.05, 0) is 24.0 Å². The maximum absolute atomic E-state index is 12.1. The molecule has 0 unspecified atom stereocenters. The molecule has 1 N–H and O–H groups in total. The van der Waals surface area contributed by atoms with Gasteiger partial charge in [-0.2, -0.15) is 0 Å². The Balaban J connectivity index is 1.60. The molecule has 0 aliphatic heterocycles. The molecule has 1 heterocycles. The van der Waals surface area contributed by atoms with E-state index in [4.69, 9.17) is 0 Å². The summed E-state index contributed by atoms with van der Waals surface area (Å²) >= 11 is 0. The number of benzene rings is 1. The van der Waals surface area contributed by atoms with Gasteiger partial charge in [-0.3, -0.25) is 4.79 Å². The monoisotopic (exact) mass is 270 g/mol. The zero-order chi connectivity index (χ0) is 14.1. The highest BCUT2D eigenvalue weighted by atomic mass is 16.2. The number of carbonyl (C=O) groups excluding carboxylic acids is 1. The van der Waals surface area contributed by atoms with E-state index in [-0.39, 0.29) is 11.9 Å². The first-order valence-electron chi connectivity index (χ1n) is 7.01. The lowest BCUT2D eigenvalue weighted by atomic mass is 10.1. The van der Waals surface area contributed by atoms with Crippen LogP contribution in [0.2, 0.25) is 0 Å². The number of rotatable bonds is 3. The van der Waals surface area contributed by atoms with E-state index in [2.05, 4.69) is 29.6 Å². The lowest BCUT2D eigenvalue weighted by Gasteiger charge is -2.11. The van der Waals surface area contributed by atoms with Crippen LogP contribution in [0, 0.1) is 6.92 Å². The SMILES string of the molecule is Cc1n(CC(=O)NC2Cc3ccccc3C2)cc[n+]1C. The number of aryl methyl sites for hydroxylation is 1. The molecule has 1 aliphatic carbocycles. The summed E-state index contributed by atoms with van der Waals surface area (Å²) in [5.41, 5.74) is 2.72. The third kappa shape index (κ3) is 2.46. The molecule has 2 aromatic rings. The second-order valence-electron chi connectivity index (χ2n) is 5.53. The van der Waals surface area contributed by atoms with Crippen LogP contribution in [0.5, 0.6) is 0 Å². The van der Waals surface area contributed by atoms with Crippen LogP contribution in [0.4, 0.5) is 0 Å². The Labute approximate surface area is 119 Å². The quantitative estimate of drug-likeness (QED) is 0.827. The second kappa shape index (κ2) is 5.12. The Morgan fingerprint density at radius 3 is 2.55 bits per heavy atom. The van der Waals surface area contributed by atoms with Crippen molar-refractivity contribution < 1.29 is 9.36 Å². The Hall–Kier alpha value is -2.10. The number of fused-ring (bicyclic) bond motifs is 1. The van der Waals surface area contributed by atoms with E-state index in [1.54, 1.807) is 0 Å². The highest BCUT2D eigenvalue weighted by molar-refractivity contribution is 5.76. The largest absolute Gasteiger partial charge is 0.349 e. The van der Waals surface area contributed by atoms with E-state index in [1.165, 1.54) is 11.1 Å². The van der Waals surface area contributed by atoms with Crippen LogP contribution < -0.4 is 9.88 Å². The molecule has 0 saturated carbocycles. The zero-order valence-corrected chi connectivity index (χ0v) is 12.0. The minimum atomic E-state index is 0.0853. The van der Waals surface area contributed by atoms with Gasteiger partial charge in [-0.15, -0.1) is 0 Å². The molecule has 0 fully saturated rings. The van der Waals surface area contributed by atoms with Crippen LogP contribution >= 0.6 is 0 Å². The zero-order valence-electron chi connectivity index (χ0n) is 12.0. The smallest absolute Gasteiger partial charge is 0.262 e. The Morgan fingerprint density at radius 2 is 2.00 bits per heavy atom. The summed E-state index contributed by atoms with van der Waals surface area (Å²) in [5, 5.41) is 3.14. The summed E-state index contributed by atoms with van der Waals surface area (Å²) in [7, 11) is 1.98. The van der Waals surface area contributed by atoms with Gasteiger partial charge < -0.3 is 5.32 Å². The van der Waals surface area contributed by atoms with Crippen LogP contribution in [-0.2, 0) is 31.2 Å². The molecule has 0 bridgehead atoms. The molecule has 104 valence electrons. The molecule has 0 radical (unpaired) electrons. The summed E-state index contributed by atoms with van der Waals surface area (Å²) in [6, 6.07) is 8.66. The number of imidazole rings is 1. The maximum Gasteiger partial charge on any atom is 0.262 e. The number of hydrogen-bond acceptors (Lipinski definition) is 1. The van der Waals surface area contributed by atoms with E-state index < -0.39 is 0 Å². The maximum atomic E-state index is 12.1. The van der Waals surface area contributed by atoms with Crippen LogP contribution in [0.1, 0.15) is 17.0 Å². The number of aromatic nitrogens is 2. The molecular formula is C16H20N3O+. The average Bonchev–Trinajstić information content (AvgIpc) is 2.96. The van der Waals surface area contributed by atoms with Crippen molar-refractivity contribution in [3.05, 3.63) is 53.6 Å². The first-order valence-corrected chi connectivity index (χ1v) is 7.01. The van der Waals surface area contributed by atoms with Gasteiger partial charge in [0, 0.05) is 13.0 Å². The first kappa shape index (κ1) is 12.9. The second-order valence-corrected chi connectivity index (χ2v) is 5.53. The van der Waals surface area contributed by atoms with Crippen molar-refractivity contribution in [3.63, 3.8) is 0 Å². The van der Waals surface area contributed by atoms with Gasteiger partial charge >= 0.3 is 0 Å². The summed E-state index contributed by atoms with van der Waals surface area (Å²) in [4.78, 5) is 12.1. The third-order valence-corrected chi connectivity index (χ3v) is 4.13. The molecule has 0 spiro atoms. The minimum absolute atomic E-state index is 0.0853. The van der Waals surface area contributed by atoms with Crippen LogP contribution in [0.25, 0.3) is 0 Å². The lowest BCUT2D eigenvalue weighted by Crippen LogP contribution is -2.38.